The summed E-state index contributed by atoms with van der Waals surface area (Å²) >= 11 is 5.19. The van der Waals surface area contributed by atoms with Crippen LogP contribution >= 0.6 is 27.3 Å². The molecule has 2 aromatic rings. The summed E-state index contributed by atoms with van der Waals surface area (Å²) in [7, 11) is 2.09. The van der Waals surface area contributed by atoms with E-state index in [1.54, 1.807) is 11.3 Å². The van der Waals surface area contributed by atoms with Crippen molar-refractivity contribution >= 4 is 27.3 Å². The molecule has 110 valence electrons. The van der Waals surface area contributed by atoms with Crippen LogP contribution in [0.5, 0.6) is 5.75 Å². The molecule has 0 amide bonds. The lowest BCUT2D eigenvalue weighted by Gasteiger charge is -2.16. The van der Waals surface area contributed by atoms with Gasteiger partial charge < -0.3 is 4.74 Å². The standard InChI is InChI=1S/C16H17BrN2OS/c1-19(11-14-10-16(17)21-12-14)8-9-20-15-4-2-13(3-5-15)6-7-18/h2-5,10,12H,6,8-9,11H2,1H3. The molecule has 0 unspecified atom stereocenters. The predicted octanol–water partition coefficient (Wildman–Crippen LogP) is 4.09. The first kappa shape index (κ1) is 16.0. The normalized spacial score (nSPS) is 10.6. The quantitative estimate of drug-likeness (QED) is 0.742. The van der Waals surface area contributed by atoms with Crippen molar-refractivity contribution in [3.05, 3.63) is 50.6 Å². The summed E-state index contributed by atoms with van der Waals surface area (Å²) < 4.78 is 6.89. The molecule has 21 heavy (non-hydrogen) atoms. The van der Waals surface area contributed by atoms with Gasteiger partial charge in [-0.05, 0) is 57.7 Å². The Morgan fingerprint density at radius 3 is 2.67 bits per heavy atom. The molecule has 0 fully saturated rings. The van der Waals surface area contributed by atoms with Crippen LogP contribution in [0.4, 0.5) is 0 Å². The smallest absolute Gasteiger partial charge is 0.119 e. The van der Waals surface area contributed by atoms with E-state index < -0.39 is 0 Å². The molecule has 0 aliphatic rings. The van der Waals surface area contributed by atoms with Crippen molar-refractivity contribution in [2.75, 3.05) is 20.2 Å². The van der Waals surface area contributed by atoms with E-state index in [9.17, 15) is 0 Å². The largest absolute Gasteiger partial charge is 0.492 e. The summed E-state index contributed by atoms with van der Waals surface area (Å²) in [6.07, 6.45) is 0.444. The van der Waals surface area contributed by atoms with Crippen molar-refractivity contribution in [1.82, 2.24) is 4.90 Å². The molecule has 0 spiro atoms. The molecule has 0 saturated heterocycles. The second kappa shape index (κ2) is 8.18. The van der Waals surface area contributed by atoms with Gasteiger partial charge in [-0.25, -0.2) is 0 Å². The number of nitriles is 1. The van der Waals surface area contributed by atoms with Crippen LogP contribution in [-0.2, 0) is 13.0 Å². The van der Waals surface area contributed by atoms with E-state index in [0.717, 1.165) is 24.4 Å². The molecular weight excluding hydrogens is 348 g/mol. The zero-order valence-corrected chi connectivity index (χ0v) is 14.3. The van der Waals surface area contributed by atoms with Gasteiger partial charge in [-0.1, -0.05) is 12.1 Å². The first-order valence-corrected chi connectivity index (χ1v) is 8.35. The molecule has 1 aromatic heterocycles. The van der Waals surface area contributed by atoms with Gasteiger partial charge in [-0.3, -0.25) is 4.90 Å². The molecule has 1 aromatic carbocycles. The van der Waals surface area contributed by atoms with Gasteiger partial charge in [0.2, 0.25) is 0 Å². The molecule has 3 nitrogen and oxygen atoms in total. The van der Waals surface area contributed by atoms with Gasteiger partial charge in [0.15, 0.2) is 0 Å². The van der Waals surface area contributed by atoms with Crippen LogP contribution in [0.3, 0.4) is 0 Å². The maximum absolute atomic E-state index is 8.63. The number of rotatable bonds is 7. The fourth-order valence-electron chi connectivity index (χ4n) is 1.93. The number of ether oxygens (including phenoxy) is 1. The Hall–Kier alpha value is -1.35. The number of hydrogen-bond donors (Lipinski definition) is 0. The number of thiophene rings is 1. The van der Waals surface area contributed by atoms with Crippen LogP contribution in [0.1, 0.15) is 11.1 Å². The molecule has 0 bridgehead atoms. The van der Waals surface area contributed by atoms with E-state index in [-0.39, 0.29) is 0 Å². The molecule has 0 atom stereocenters. The zero-order chi connectivity index (χ0) is 15.1. The van der Waals surface area contributed by atoms with Gasteiger partial charge in [-0.2, -0.15) is 5.26 Å². The minimum Gasteiger partial charge on any atom is -0.492 e. The lowest BCUT2D eigenvalue weighted by Crippen LogP contribution is -2.23. The first-order chi connectivity index (χ1) is 10.2. The molecule has 1 heterocycles. The lowest BCUT2D eigenvalue weighted by atomic mass is 10.2. The fourth-order valence-corrected chi connectivity index (χ4v) is 3.13. The second-order valence-electron chi connectivity index (χ2n) is 4.82. The van der Waals surface area contributed by atoms with Crippen LogP contribution < -0.4 is 4.74 Å². The highest BCUT2D eigenvalue weighted by molar-refractivity contribution is 9.11. The van der Waals surface area contributed by atoms with Gasteiger partial charge in [0.25, 0.3) is 0 Å². The zero-order valence-electron chi connectivity index (χ0n) is 11.9. The van der Waals surface area contributed by atoms with E-state index in [1.165, 1.54) is 9.35 Å². The Balaban J connectivity index is 1.72. The summed E-state index contributed by atoms with van der Waals surface area (Å²) in [5.74, 6) is 0.850. The molecule has 0 radical (unpaired) electrons. The number of benzene rings is 1. The molecule has 0 saturated carbocycles. The number of hydrogen-bond acceptors (Lipinski definition) is 4. The molecule has 0 aliphatic heterocycles. The third kappa shape index (κ3) is 5.50. The van der Waals surface area contributed by atoms with Crippen LogP contribution in [0.25, 0.3) is 0 Å². The SMILES string of the molecule is CN(CCOc1ccc(CC#N)cc1)Cc1csc(Br)c1. The number of halogens is 1. The van der Waals surface area contributed by atoms with Crippen molar-refractivity contribution in [2.45, 2.75) is 13.0 Å². The van der Waals surface area contributed by atoms with Gasteiger partial charge in [0.1, 0.15) is 12.4 Å². The topological polar surface area (TPSA) is 36.3 Å². The van der Waals surface area contributed by atoms with E-state index in [4.69, 9.17) is 10.00 Å². The lowest BCUT2D eigenvalue weighted by molar-refractivity contribution is 0.233. The average Bonchev–Trinajstić information content (AvgIpc) is 2.86. The minimum atomic E-state index is 0.444. The Morgan fingerprint density at radius 2 is 2.05 bits per heavy atom. The summed E-state index contributed by atoms with van der Waals surface area (Å²) in [5, 5.41) is 10.8. The Bertz CT molecular complexity index is 603. The molecular formula is C16H17BrN2OS. The van der Waals surface area contributed by atoms with Crippen molar-refractivity contribution in [2.24, 2.45) is 0 Å². The van der Waals surface area contributed by atoms with Crippen molar-refractivity contribution in [3.63, 3.8) is 0 Å². The molecule has 0 N–H and O–H groups in total. The molecule has 2 rings (SSSR count). The van der Waals surface area contributed by atoms with Crippen molar-refractivity contribution < 1.29 is 4.74 Å². The number of likely N-dealkylation sites (N-methyl/N-ethyl adjacent to an activating group) is 1. The van der Waals surface area contributed by atoms with Crippen LogP contribution in [0, 0.1) is 11.3 Å². The van der Waals surface area contributed by atoms with Crippen LogP contribution in [-0.4, -0.2) is 25.1 Å². The summed E-state index contributed by atoms with van der Waals surface area (Å²) in [6, 6.07) is 12.0. The Labute approximate surface area is 137 Å². The van der Waals surface area contributed by atoms with E-state index >= 15 is 0 Å². The highest BCUT2D eigenvalue weighted by Crippen LogP contribution is 2.21. The van der Waals surface area contributed by atoms with Crippen LogP contribution in [0.2, 0.25) is 0 Å². The monoisotopic (exact) mass is 364 g/mol. The van der Waals surface area contributed by atoms with Gasteiger partial charge in [-0.15, -0.1) is 11.3 Å². The maximum Gasteiger partial charge on any atom is 0.119 e. The summed E-state index contributed by atoms with van der Waals surface area (Å²) in [6.45, 7) is 2.44. The van der Waals surface area contributed by atoms with E-state index in [2.05, 4.69) is 45.4 Å². The maximum atomic E-state index is 8.63. The summed E-state index contributed by atoms with van der Waals surface area (Å²) in [4.78, 5) is 2.23. The van der Waals surface area contributed by atoms with E-state index in [0.29, 0.717) is 13.0 Å². The van der Waals surface area contributed by atoms with Crippen molar-refractivity contribution in [1.29, 1.82) is 5.26 Å². The van der Waals surface area contributed by atoms with Gasteiger partial charge >= 0.3 is 0 Å². The summed E-state index contributed by atoms with van der Waals surface area (Å²) in [5.41, 5.74) is 2.33. The third-order valence-electron chi connectivity index (χ3n) is 3.02. The van der Waals surface area contributed by atoms with Gasteiger partial charge in [0.05, 0.1) is 16.3 Å². The number of nitrogens with zero attached hydrogens (tertiary/aromatic N) is 2. The predicted molar refractivity (Wildman–Crippen MR) is 89.6 cm³/mol. The highest BCUT2D eigenvalue weighted by Gasteiger charge is 2.03. The highest BCUT2D eigenvalue weighted by atomic mass is 79.9. The average molecular weight is 365 g/mol. The Kier molecular flexibility index (Phi) is 6.24. The van der Waals surface area contributed by atoms with Crippen molar-refractivity contribution in [3.8, 4) is 11.8 Å². The van der Waals surface area contributed by atoms with Gasteiger partial charge in [0, 0.05) is 13.1 Å². The van der Waals surface area contributed by atoms with Crippen LogP contribution in [0.15, 0.2) is 39.5 Å². The molecule has 0 aliphatic carbocycles. The molecule has 5 heteroatoms. The van der Waals surface area contributed by atoms with E-state index in [1.807, 2.05) is 24.3 Å². The second-order valence-corrected chi connectivity index (χ2v) is 7.11. The minimum absolute atomic E-state index is 0.444. The first-order valence-electron chi connectivity index (χ1n) is 6.67. The fraction of sp³-hybridized carbons (Fsp3) is 0.312. The Morgan fingerprint density at radius 1 is 1.29 bits per heavy atom. The third-order valence-corrected chi connectivity index (χ3v) is 4.58.